The number of para-hydroxylation sites is 1. The molecule has 0 saturated carbocycles. The highest BCUT2D eigenvalue weighted by Gasteiger charge is 2.12. The van der Waals surface area contributed by atoms with Crippen molar-refractivity contribution in [1.29, 1.82) is 0 Å². The lowest BCUT2D eigenvalue weighted by Crippen LogP contribution is -1.88. The Morgan fingerprint density at radius 1 is 0.783 bits per heavy atom. The predicted molar refractivity (Wildman–Crippen MR) is 98.1 cm³/mol. The van der Waals surface area contributed by atoms with Crippen LogP contribution in [0.5, 0.6) is 0 Å². The van der Waals surface area contributed by atoms with E-state index in [-0.39, 0.29) is 0 Å². The highest BCUT2D eigenvalue weighted by Crippen LogP contribution is 2.34. The first kappa shape index (κ1) is 12.7. The number of hydrogen-bond donors (Lipinski definition) is 1. The maximum atomic E-state index is 4.90. The first-order valence-electron chi connectivity index (χ1n) is 7.92. The number of nitrogens with zero attached hydrogens (tertiary/aromatic N) is 1. The third-order valence-electron chi connectivity index (χ3n) is 4.85. The topological polar surface area (TPSA) is 28.7 Å². The van der Waals surface area contributed by atoms with E-state index in [4.69, 9.17) is 4.98 Å². The van der Waals surface area contributed by atoms with Gasteiger partial charge in [0.25, 0.3) is 0 Å². The molecule has 0 fully saturated rings. The zero-order valence-electron chi connectivity index (χ0n) is 13.1. The molecule has 0 saturated heterocycles. The van der Waals surface area contributed by atoms with Crippen LogP contribution in [0, 0.1) is 13.8 Å². The quantitative estimate of drug-likeness (QED) is 0.368. The highest BCUT2D eigenvalue weighted by molar-refractivity contribution is 6.17. The average molecular weight is 296 g/mol. The second kappa shape index (κ2) is 4.32. The summed E-state index contributed by atoms with van der Waals surface area (Å²) in [6, 6.07) is 19.4. The summed E-state index contributed by atoms with van der Waals surface area (Å²) in [6.45, 7) is 4.32. The van der Waals surface area contributed by atoms with Gasteiger partial charge in [-0.3, -0.25) is 0 Å². The minimum absolute atomic E-state index is 1.07. The fourth-order valence-electron chi connectivity index (χ4n) is 3.65. The largest absolute Gasteiger partial charge is 0.353 e. The summed E-state index contributed by atoms with van der Waals surface area (Å²) in [5.41, 5.74) is 7.00. The van der Waals surface area contributed by atoms with E-state index in [1.54, 1.807) is 0 Å². The van der Waals surface area contributed by atoms with Gasteiger partial charge in [-0.1, -0.05) is 42.0 Å². The number of fused-ring (bicyclic) bond motifs is 6. The van der Waals surface area contributed by atoms with Gasteiger partial charge in [0, 0.05) is 27.1 Å². The van der Waals surface area contributed by atoms with Crippen LogP contribution in [0.3, 0.4) is 0 Å². The molecule has 0 unspecified atom stereocenters. The number of nitrogens with one attached hydrogen (secondary N) is 1. The van der Waals surface area contributed by atoms with E-state index >= 15 is 0 Å². The van der Waals surface area contributed by atoms with Gasteiger partial charge in [-0.15, -0.1) is 0 Å². The summed E-state index contributed by atoms with van der Waals surface area (Å²) >= 11 is 0. The van der Waals surface area contributed by atoms with Crippen LogP contribution in [0.15, 0.2) is 54.6 Å². The molecule has 110 valence electrons. The van der Waals surface area contributed by atoms with Crippen molar-refractivity contribution in [3.05, 3.63) is 65.7 Å². The molecule has 1 N–H and O–H groups in total. The number of hydrogen-bond acceptors (Lipinski definition) is 1. The van der Waals surface area contributed by atoms with Crippen molar-refractivity contribution in [3.63, 3.8) is 0 Å². The van der Waals surface area contributed by atoms with Crippen LogP contribution in [0.1, 0.15) is 11.1 Å². The minimum Gasteiger partial charge on any atom is -0.353 e. The third-order valence-corrected chi connectivity index (χ3v) is 4.85. The summed E-state index contributed by atoms with van der Waals surface area (Å²) in [5.74, 6) is 0. The molecule has 0 bridgehead atoms. The number of aromatic nitrogens is 2. The average Bonchev–Trinajstić information content (AvgIpc) is 2.93. The normalized spacial score (nSPS) is 11.9. The molecule has 2 aromatic heterocycles. The molecule has 0 aliphatic carbocycles. The van der Waals surface area contributed by atoms with Crippen molar-refractivity contribution in [1.82, 2.24) is 9.97 Å². The van der Waals surface area contributed by atoms with Crippen molar-refractivity contribution in [2.45, 2.75) is 13.8 Å². The summed E-state index contributed by atoms with van der Waals surface area (Å²) in [7, 11) is 0. The van der Waals surface area contributed by atoms with E-state index in [1.165, 1.54) is 32.7 Å². The van der Waals surface area contributed by atoms with Crippen molar-refractivity contribution in [3.8, 4) is 0 Å². The molecule has 0 aliphatic rings. The summed E-state index contributed by atoms with van der Waals surface area (Å²) in [4.78, 5) is 8.51. The standard InChI is InChI=1S/C21H16N2/c1-12-7-10-19-17(11-12)16-9-8-15-13(2)14-5-3-4-6-18(14)22-20(15)21(16)23-19/h3-11,22H,1-2H3. The Morgan fingerprint density at radius 3 is 2.52 bits per heavy atom. The first-order valence-corrected chi connectivity index (χ1v) is 7.92. The van der Waals surface area contributed by atoms with E-state index in [9.17, 15) is 0 Å². The Balaban J connectivity index is 2.05. The van der Waals surface area contributed by atoms with Gasteiger partial charge in [0.2, 0.25) is 0 Å². The van der Waals surface area contributed by atoms with Crippen LogP contribution in [0.2, 0.25) is 0 Å². The SMILES string of the molecule is Cc1ccc2nc3c(ccc4c(C)c5ccccc5[nH]c43)c2c1. The van der Waals surface area contributed by atoms with Crippen molar-refractivity contribution >= 4 is 43.6 Å². The lowest BCUT2D eigenvalue weighted by atomic mass is 10.0. The lowest BCUT2D eigenvalue weighted by Gasteiger charge is -2.08. The van der Waals surface area contributed by atoms with Gasteiger partial charge in [0.1, 0.15) is 0 Å². The fourth-order valence-corrected chi connectivity index (χ4v) is 3.65. The fraction of sp³-hybridized carbons (Fsp3) is 0.0952. The monoisotopic (exact) mass is 296 g/mol. The minimum atomic E-state index is 1.07. The van der Waals surface area contributed by atoms with Gasteiger partial charge in [0.15, 0.2) is 0 Å². The van der Waals surface area contributed by atoms with E-state index in [0.717, 1.165) is 22.1 Å². The molecule has 5 rings (SSSR count). The van der Waals surface area contributed by atoms with Crippen LogP contribution < -0.4 is 0 Å². The van der Waals surface area contributed by atoms with E-state index in [0.29, 0.717) is 0 Å². The second-order valence-corrected chi connectivity index (χ2v) is 6.31. The molecular formula is C21H16N2. The zero-order chi connectivity index (χ0) is 15.6. The molecule has 2 heterocycles. The van der Waals surface area contributed by atoms with Crippen molar-refractivity contribution in [2.75, 3.05) is 0 Å². The van der Waals surface area contributed by atoms with Crippen LogP contribution in [0.4, 0.5) is 0 Å². The van der Waals surface area contributed by atoms with Crippen LogP contribution in [-0.4, -0.2) is 9.97 Å². The molecule has 23 heavy (non-hydrogen) atoms. The molecule has 5 aromatic rings. The molecule has 3 aromatic carbocycles. The van der Waals surface area contributed by atoms with E-state index < -0.39 is 0 Å². The van der Waals surface area contributed by atoms with Crippen LogP contribution >= 0.6 is 0 Å². The summed E-state index contributed by atoms with van der Waals surface area (Å²) in [6.07, 6.45) is 0. The number of pyridine rings is 1. The van der Waals surface area contributed by atoms with Crippen LogP contribution in [-0.2, 0) is 0 Å². The Labute approximate surface area is 133 Å². The number of aryl methyl sites for hydroxylation is 2. The third kappa shape index (κ3) is 1.66. The van der Waals surface area contributed by atoms with Crippen molar-refractivity contribution < 1.29 is 0 Å². The Hall–Kier alpha value is -2.87. The zero-order valence-corrected chi connectivity index (χ0v) is 13.1. The van der Waals surface area contributed by atoms with Gasteiger partial charge in [-0.05, 0) is 37.6 Å². The molecule has 0 aliphatic heterocycles. The smallest absolute Gasteiger partial charge is 0.0957 e. The maximum Gasteiger partial charge on any atom is 0.0957 e. The van der Waals surface area contributed by atoms with Crippen LogP contribution in [0.25, 0.3) is 43.6 Å². The molecular weight excluding hydrogens is 280 g/mol. The number of benzene rings is 3. The van der Waals surface area contributed by atoms with E-state index in [1.807, 2.05) is 0 Å². The number of H-pyrrole nitrogens is 1. The van der Waals surface area contributed by atoms with Gasteiger partial charge < -0.3 is 4.98 Å². The predicted octanol–water partition coefficient (Wildman–Crippen LogP) is 5.64. The molecule has 2 heteroatoms. The highest BCUT2D eigenvalue weighted by atomic mass is 14.8. The first-order chi connectivity index (χ1) is 11.2. The molecule has 0 radical (unpaired) electrons. The second-order valence-electron chi connectivity index (χ2n) is 6.31. The Kier molecular flexibility index (Phi) is 2.38. The van der Waals surface area contributed by atoms with Gasteiger partial charge in [0.05, 0.1) is 16.6 Å². The summed E-state index contributed by atoms with van der Waals surface area (Å²) < 4.78 is 0. The van der Waals surface area contributed by atoms with Gasteiger partial charge in [-0.2, -0.15) is 0 Å². The Morgan fingerprint density at radius 2 is 1.61 bits per heavy atom. The van der Waals surface area contributed by atoms with Gasteiger partial charge >= 0.3 is 0 Å². The number of rotatable bonds is 0. The van der Waals surface area contributed by atoms with Crippen molar-refractivity contribution in [2.24, 2.45) is 0 Å². The number of aromatic amines is 1. The Bertz CT molecular complexity index is 1230. The molecule has 0 amide bonds. The maximum absolute atomic E-state index is 4.90. The molecule has 0 atom stereocenters. The summed E-state index contributed by atoms with van der Waals surface area (Å²) in [5, 5.41) is 4.98. The van der Waals surface area contributed by atoms with Gasteiger partial charge in [-0.25, -0.2) is 4.98 Å². The molecule has 0 spiro atoms. The lowest BCUT2D eigenvalue weighted by molar-refractivity contribution is 1.45. The van der Waals surface area contributed by atoms with E-state index in [2.05, 4.69) is 73.4 Å². The molecule has 2 nitrogen and oxygen atoms in total.